The molecule has 1 N–H and O–H groups in total. The van der Waals surface area contributed by atoms with Gasteiger partial charge in [-0.3, -0.25) is 0 Å². The number of benzene rings is 2. The molecule has 3 heterocycles. The number of aromatic nitrogens is 4. The van der Waals surface area contributed by atoms with Gasteiger partial charge in [0.2, 0.25) is 0 Å². The van der Waals surface area contributed by atoms with E-state index in [4.69, 9.17) is 4.74 Å². The molecular weight excluding hydrogens is 411 g/mol. The lowest BCUT2D eigenvalue weighted by Crippen LogP contribution is -2.39. The molecule has 32 heavy (non-hydrogen) atoms. The molecule has 5 rings (SSSR count). The van der Waals surface area contributed by atoms with Crippen molar-refractivity contribution >= 4 is 28.3 Å². The predicted molar refractivity (Wildman–Crippen MR) is 118 cm³/mol. The van der Waals surface area contributed by atoms with Gasteiger partial charge in [0, 0.05) is 29.8 Å². The van der Waals surface area contributed by atoms with Crippen LogP contribution in [0.15, 0.2) is 48.5 Å². The number of nitrogens with one attached hydrogen (secondary N) is 1. The van der Waals surface area contributed by atoms with Gasteiger partial charge >= 0.3 is 6.03 Å². The quantitative estimate of drug-likeness (QED) is 0.514. The number of hydrogen-bond donors (Lipinski definition) is 1. The van der Waals surface area contributed by atoms with Gasteiger partial charge in [-0.05, 0) is 66.6 Å². The van der Waals surface area contributed by atoms with E-state index < -0.39 is 5.82 Å². The van der Waals surface area contributed by atoms with E-state index in [0.29, 0.717) is 24.5 Å². The topological polar surface area (TPSA) is 84.6 Å². The Bertz CT molecular complexity index is 1280. The number of amides is 2. The number of ether oxygens (including phenoxy) is 1. The summed E-state index contributed by atoms with van der Waals surface area (Å²) < 4.78 is 21.1. The third-order valence-corrected chi connectivity index (χ3v) is 5.67. The van der Waals surface area contributed by atoms with E-state index >= 15 is 0 Å². The van der Waals surface area contributed by atoms with Crippen LogP contribution in [0, 0.1) is 12.7 Å². The van der Waals surface area contributed by atoms with Crippen molar-refractivity contribution in [3.63, 3.8) is 0 Å². The highest BCUT2D eigenvalue weighted by atomic mass is 19.1. The molecule has 164 valence electrons. The summed E-state index contributed by atoms with van der Waals surface area (Å²) in [5.74, 6) is -0.408. The Hall–Kier alpha value is -3.59. The fourth-order valence-corrected chi connectivity index (χ4v) is 4.13. The van der Waals surface area contributed by atoms with Gasteiger partial charge in [0.1, 0.15) is 5.82 Å². The van der Waals surface area contributed by atoms with Gasteiger partial charge in [0.05, 0.1) is 18.2 Å². The predicted octanol–water partition coefficient (Wildman–Crippen LogP) is 3.94. The average Bonchev–Trinajstić information content (AvgIpc) is 3.45. The molecule has 8 nitrogen and oxygen atoms in total. The van der Waals surface area contributed by atoms with E-state index in [0.717, 1.165) is 34.9 Å². The zero-order chi connectivity index (χ0) is 22.1. The minimum atomic E-state index is -0.408. The summed E-state index contributed by atoms with van der Waals surface area (Å²) >= 11 is 0. The molecule has 1 saturated heterocycles. The van der Waals surface area contributed by atoms with Crippen molar-refractivity contribution < 1.29 is 13.9 Å². The van der Waals surface area contributed by atoms with Crippen molar-refractivity contribution in [2.45, 2.75) is 32.4 Å². The Morgan fingerprint density at radius 2 is 2.19 bits per heavy atom. The number of tetrazole rings is 1. The lowest BCUT2D eigenvalue weighted by Gasteiger charge is -2.26. The number of pyridine rings is 1. The van der Waals surface area contributed by atoms with Crippen molar-refractivity contribution in [2.24, 2.45) is 0 Å². The Morgan fingerprint density at radius 1 is 1.28 bits per heavy atom. The maximum Gasteiger partial charge on any atom is 0.322 e. The summed E-state index contributed by atoms with van der Waals surface area (Å²) in [7, 11) is 0. The largest absolute Gasteiger partial charge is 0.376 e. The van der Waals surface area contributed by atoms with E-state index in [1.165, 1.54) is 12.1 Å². The Morgan fingerprint density at radius 3 is 3.00 bits per heavy atom. The highest BCUT2D eigenvalue weighted by Crippen LogP contribution is 2.23. The minimum absolute atomic E-state index is 0.0389. The normalized spacial score (nSPS) is 16.0. The molecule has 0 bridgehead atoms. The van der Waals surface area contributed by atoms with E-state index in [2.05, 4.69) is 26.9 Å². The molecule has 1 aliphatic heterocycles. The first-order chi connectivity index (χ1) is 15.6. The van der Waals surface area contributed by atoms with Crippen molar-refractivity contribution in [2.75, 3.05) is 18.5 Å². The second-order valence-electron chi connectivity index (χ2n) is 8.10. The van der Waals surface area contributed by atoms with Crippen molar-refractivity contribution in [1.82, 2.24) is 24.9 Å². The summed E-state index contributed by atoms with van der Waals surface area (Å²) in [5, 5.41) is 16.0. The van der Waals surface area contributed by atoms with Crippen LogP contribution in [0.25, 0.3) is 16.6 Å². The summed E-state index contributed by atoms with van der Waals surface area (Å²) in [6.07, 6.45) is 1.82. The summed E-state index contributed by atoms with van der Waals surface area (Å²) in [4.78, 5) is 14.9. The van der Waals surface area contributed by atoms with Crippen LogP contribution >= 0.6 is 0 Å². The first kappa shape index (κ1) is 20.3. The fourth-order valence-electron chi connectivity index (χ4n) is 4.13. The lowest BCUT2D eigenvalue weighted by molar-refractivity contribution is 0.0820. The van der Waals surface area contributed by atoms with E-state index in [9.17, 15) is 9.18 Å². The summed E-state index contributed by atoms with van der Waals surface area (Å²) in [6.45, 7) is 3.42. The fraction of sp³-hybridized carbons (Fsp3) is 0.304. The van der Waals surface area contributed by atoms with Crippen LogP contribution < -0.4 is 5.32 Å². The Labute approximate surface area is 184 Å². The van der Waals surface area contributed by atoms with Gasteiger partial charge in [-0.25, -0.2) is 9.18 Å². The second-order valence-corrected chi connectivity index (χ2v) is 8.10. The van der Waals surface area contributed by atoms with Gasteiger partial charge in [-0.1, -0.05) is 17.7 Å². The number of carbonyl (C=O) groups is 1. The highest BCUT2D eigenvalue weighted by molar-refractivity contribution is 5.90. The number of fused-ring (bicyclic) bond motifs is 3. The minimum Gasteiger partial charge on any atom is -0.376 e. The summed E-state index contributed by atoms with van der Waals surface area (Å²) in [6, 6.07) is 13.6. The van der Waals surface area contributed by atoms with Crippen molar-refractivity contribution in [3.05, 3.63) is 65.5 Å². The molecule has 9 heteroatoms. The molecule has 2 aromatic carbocycles. The molecule has 0 spiro atoms. The molecule has 1 unspecified atom stereocenters. The van der Waals surface area contributed by atoms with Gasteiger partial charge in [0.15, 0.2) is 5.65 Å². The molecule has 4 aromatic rings. The first-order valence-corrected chi connectivity index (χ1v) is 10.6. The number of anilines is 1. The van der Waals surface area contributed by atoms with Crippen LogP contribution in [0.4, 0.5) is 14.9 Å². The van der Waals surface area contributed by atoms with Crippen molar-refractivity contribution in [3.8, 4) is 0 Å². The van der Waals surface area contributed by atoms with Crippen LogP contribution in [0.3, 0.4) is 0 Å². The molecule has 1 atom stereocenters. The van der Waals surface area contributed by atoms with Crippen LogP contribution in [-0.4, -0.2) is 50.2 Å². The van der Waals surface area contributed by atoms with Crippen LogP contribution in [0.5, 0.6) is 0 Å². The SMILES string of the molecule is Cc1ccc2c(c1)cc(CN(CC1CCCO1)C(=O)Nc1cccc(F)c1)c1nnnn12. The van der Waals surface area contributed by atoms with E-state index in [-0.39, 0.29) is 18.7 Å². The molecule has 0 radical (unpaired) electrons. The average molecular weight is 434 g/mol. The third kappa shape index (κ3) is 4.11. The van der Waals surface area contributed by atoms with Crippen LogP contribution in [0.1, 0.15) is 24.0 Å². The molecule has 1 aliphatic rings. The zero-order valence-corrected chi connectivity index (χ0v) is 17.7. The number of hydrogen-bond acceptors (Lipinski definition) is 5. The number of urea groups is 1. The van der Waals surface area contributed by atoms with Crippen LogP contribution in [0.2, 0.25) is 0 Å². The summed E-state index contributed by atoms with van der Waals surface area (Å²) in [5.41, 5.74) is 3.83. The van der Waals surface area contributed by atoms with E-state index in [1.807, 2.05) is 25.1 Å². The molecule has 1 fully saturated rings. The first-order valence-electron chi connectivity index (χ1n) is 10.6. The maximum atomic E-state index is 13.6. The van der Waals surface area contributed by atoms with Gasteiger partial charge in [0.25, 0.3) is 0 Å². The smallest absolute Gasteiger partial charge is 0.322 e. The molecule has 2 aromatic heterocycles. The Kier molecular flexibility index (Phi) is 5.40. The Balaban J connectivity index is 1.49. The maximum absolute atomic E-state index is 13.6. The molecule has 0 saturated carbocycles. The second kappa shape index (κ2) is 8.51. The molecule has 0 aliphatic carbocycles. The number of halogens is 1. The molecular formula is C23H23FN6O2. The zero-order valence-electron chi connectivity index (χ0n) is 17.7. The number of nitrogens with zero attached hydrogens (tertiary/aromatic N) is 5. The number of aryl methyl sites for hydroxylation is 1. The van der Waals surface area contributed by atoms with E-state index in [1.54, 1.807) is 21.5 Å². The highest BCUT2D eigenvalue weighted by Gasteiger charge is 2.24. The molecule has 2 amide bonds. The van der Waals surface area contributed by atoms with Gasteiger partial charge in [-0.15, -0.1) is 5.10 Å². The van der Waals surface area contributed by atoms with Gasteiger partial charge in [-0.2, -0.15) is 4.52 Å². The number of carbonyl (C=O) groups excluding carboxylic acids is 1. The third-order valence-electron chi connectivity index (χ3n) is 5.67. The lowest BCUT2D eigenvalue weighted by atomic mass is 10.1. The monoisotopic (exact) mass is 434 g/mol. The number of rotatable bonds is 5. The van der Waals surface area contributed by atoms with Crippen LogP contribution in [-0.2, 0) is 11.3 Å². The van der Waals surface area contributed by atoms with Gasteiger partial charge < -0.3 is 15.0 Å². The van der Waals surface area contributed by atoms with Crippen molar-refractivity contribution in [1.29, 1.82) is 0 Å². The standard InChI is InChI=1S/C23H23FN6O2/c1-15-7-8-21-16(10-15)11-17(22-26-27-28-30(21)22)13-29(14-20-6-3-9-32-20)23(31)25-19-5-2-4-18(24)12-19/h2,4-5,7-8,10-12,20H,3,6,9,13-14H2,1H3,(H,25,31).